The molecule has 2 rings (SSSR count). The van der Waals surface area contributed by atoms with Crippen LogP contribution < -0.4 is 5.32 Å². The Balaban J connectivity index is 2.37. The van der Waals surface area contributed by atoms with Gasteiger partial charge in [-0.25, -0.2) is 4.52 Å². The molecule has 0 saturated carbocycles. The molecular formula is C11H16N4O. The standard InChI is InChI=1S/C11H16N4O/c1-8-5-4-6-9-12-10(14-15(8)9)13-11(2,3)7-16/h4-6,16H,7H2,1-3H3,(H,13,14). The molecular weight excluding hydrogens is 204 g/mol. The summed E-state index contributed by atoms with van der Waals surface area (Å²) in [5.41, 5.74) is 1.41. The van der Waals surface area contributed by atoms with E-state index in [9.17, 15) is 0 Å². The molecule has 0 unspecified atom stereocenters. The van der Waals surface area contributed by atoms with Crippen LogP contribution in [0.15, 0.2) is 18.2 Å². The summed E-state index contributed by atoms with van der Waals surface area (Å²) < 4.78 is 1.77. The van der Waals surface area contributed by atoms with Gasteiger partial charge >= 0.3 is 0 Å². The number of hydrogen-bond donors (Lipinski definition) is 2. The van der Waals surface area contributed by atoms with Crippen LogP contribution in [0.2, 0.25) is 0 Å². The van der Waals surface area contributed by atoms with Crippen molar-refractivity contribution in [1.29, 1.82) is 0 Å². The largest absolute Gasteiger partial charge is 0.394 e. The van der Waals surface area contributed by atoms with Gasteiger partial charge in [-0.05, 0) is 32.9 Å². The number of nitrogens with zero attached hydrogens (tertiary/aromatic N) is 3. The minimum Gasteiger partial charge on any atom is -0.394 e. The summed E-state index contributed by atoms with van der Waals surface area (Å²) >= 11 is 0. The second-order valence-corrected chi connectivity index (χ2v) is 4.54. The summed E-state index contributed by atoms with van der Waals surface area (Å²) in [6.45, 7) is 5.79. The first-order chi connectivity index (χ1) is 7.52. The molecule has 0 saturated heterocycles. The van der Waals surface area contributed by atoms with Crippen LogP contribution in [0, 0.1) is 6.92 Å². The number of aromatic nitrogens is 3. The quantitative estimate of drug-likeness (QED) is 0.816. The highest BCUT2D eigenvalue weighted by Crippen LogP contribution is 2.12. The molecule has 0 spiro atoms. The fraction of sp³-hybridized carbons (Fsp3) is 0.455. The monoisotopic (exact) mass is 220 g/mol. The van der Waals surface area contributed by atoms with Crippen LogP contribution in [0.3, 0.4) is 0 Å². The summed E-state index contributed by atoms with van der Waals surface area (Å²) in [4.78, 5) is 4.34. The molecule has 0 aromatic carbocycles. The number of fused-ring (bicyclic) bond motifs is 1. The van der Waals surface area contributed by atoms with Crippen LogP contribution >= 0.6 is 0 Å². The zero-order chi connectivity index (χ0) is 11.8. The Kier molecular flexibility index (Phi) is 2.55. The molecule has 86 valence electrons. The van der Waals surface area contributed by atoms with Gasteiger partial charge in [0.25, 0.3) is 0 Å². The van der Waals surface area contributed by atoms with Gasteiger partial charge in [-0.3, -0.25) is 0 Å². The number of rotatable bonds is 3. The van der Waals surface area contributed by atoms with Gasteiger partial charge in [0.05, 0.1) is 12.1 Å². The molecule has 16 heavy (non-hydrogen) atoms. The zero-order valence-electron chi connectivity index (χ0n) is 9.73. The number of anilines is 1. The Bertz CT molecular complexity index is 504. The van der Waals surface area contributed by atoms with E-state index in [1.54, 1.807) is 4.52 Å². The number of pyridine rings is 1. The van der Waals surface area contributed by atoms with Gasteiger partial charge in [0, 0.05) is 5.69 Å². The summed E-state index contributed by atoms with van der Waals surface area (Å²) in [6, 6.07) is 5.82. The lowest BCUT2D eigenvalue weighted by Crippen LogP contribution is -2.35. The molecule has 0 aliphatic carbocycles. The molecule has 2 N–H and O–H groups in total. The Morgan fingerprint density at radius 2 is 2.19 bits per heavy atom. The van der Waals surface area contributed by atoms with Crippen molar-refractivity contribution in [2.75, 3.05) is 11.9 Å². The van der Waals surface area contributed by atoms with Crippen molar-refractivity contribution in [3.63, 3.8) is 0 Å². The van der Waals surface area contributed by atoms with Crippen molar-refractivity contribution >= 4 is 11.6 Å². The Morgan fingerprint density at radius 3 is 2.81 bits per heavy atom. The minimum atomic E-state index is -0.418. The third-order valence-electron chi connectivity index (χ3n) is 2.39. The molecule has 0 radical (unpaired) electrons. The fourth-order valence-corrected chi connectivity index (χ4v) is 1.43. The van der Waals surface area contributed by atoms with Gasteiger partial charge in [-0.1, -0.05) is 6.07 Å². The van der Waals surface area contributed by atoms with Crippen molar-refractivity contribution in [3.05, 3.63) is 23.9 Å². The summed E-state index contributed by atoms with van der Waals surface area (Å²) in [7, 11) is 0. The smallest absolute Gasteiger partial charge is 0.243 e. The number of aliphatic hydroxyl groups excluding tert-OH is 1. The average molecular weight is 220 g/mol. The van der Waals surface area contributed by atoms with E-state index < -0.39 is 5.54 Å². The lowest BCUT2D eigenvalue weighted by Gasteiger charge is -2.21. The van der Waals surface area contributed by atoms with E-state index in [-0.39, 0.29) is 6.61 Å². The number of hydrogen-bond acceptors (Lipinski definition) is 4. The first kappa shape index (κ1) is 10.9. The van der Waals surface area contributed by atoms with E-state index in [4.69, 9.17) is 5.11 Å². The Morgan fingerprint density at radius 1 is 1.44 bits per heavy atom. The van der Waals surface area contributed by atoms with E-state index in [1.165, 1.54) is 0 Å². The topological polar surface area (TPSA) is 62.5 Å². The lowest BCUT2D eigenvalue weighted by atomic mass is 10.1. The summed E-state index contributed by atoms with van der Waals surface area (Å²) in [5.74, 6) is 0.536. The van der Waals surface area contributed by atoms with Gasteiger partial charge in [0.2, 0.25) is 5.95 Å². The number of aliphatic hydroxyl groups is 1. The maximum absolute atomic E-state index is 9.16. The highest BCUT2D eigenvalue weighted by atomic mass is 16.3. The predicted octanol–water partition coefficient (Wildman–Crippen LogP) is 1.22. The fourth-order valence-electron chi connectivity index (χ4n) is 1.43. The van der Waals surface area contributed by atoms with E-state index >= 15 is 0 Å². The van der Waals surface area contributed by atoms with Crippen molar-refractivity contribution < 1.29 is 5.11 Å². The zero-order valence-corrected chi connectivity index (χ0v) is 9.73. The highest BCUT2D eigenvalue weighted by molar-refractivity contribution is 5.45. The van der Waals surface area contributed by atoms with Crippen LogP contribution in [0.25, 0.3) is 5.65 Å². The third kappa shape index (κ3) is 1.99. The molecule has 5 nitrogen and oxygen atoms in total. The van der Waals surface area contributed by atoms with Gasteiger partial charge in [0.1, 0.15) is 0 Å². The molecule has 2 heterocycles. The number of aryl methyl sites for hydroxylation is 1. The highest BCUT2D eigenvalue weighted by Gasteiger charge is 2.18. The van der Waals surface area contributed by atoms with Gasteiger partial charge in [-0.15, -0.1) is 5.10 Å². The van der Waals surface area contributed by atoms with Gasteiger partial charge in [-0.2, -0.15) is 4.98 Å². The van der Waals surface area contributed by atoms with Crippen molar-refractivity contribution in [3.8, 4) is 0 Å². The molecule has 0 aliphatic rings. The van der Waals surface area contributed by atoms with Crippen LogP contribution in [0.5, 0.6) is 0 Å². The van der Waals surface area contributed by atoms with Crippen LogP contribution in [-0.4, -0.2) is 31.9 Å². The van der Waals surface area contributed by atoms with Crippen molar-refractivity contribution in [2.45, 2.75) is 26.3 Å². The van der Waals surface area contributed by atoms with Crippen molar-refractivity contribution in [2.24, 2.45) is 0 Å². The maximum Gasteiger partial charge on any atom is 0.243 e. The predicted molar refractivity (Wildman–Crippen MR) is 62.5 cm³/mol. The SMILES string of the molecule is Cc1cccc2nc(NC(C)(C)CO)nn12. The normalized spacial score (nSPS) is 12.0. The molecule has 5 heteroatoms. The molecule has 0 fully saturated rings. The van der Waals surface area contributed by atoms with Crippen molar-refractivity contribution in [1.82, 2.24) is 14.6 Å². The molecule has 2 aromatic rings. The lowest BCUT2D eigenvalue weighted by molar-refractivity contribution is 0.233. The maximum atomic E-state index is 9.16. The molecule has 2 aromatic heterocycles. The van der Waals surface area contributed by atoms with E-state index in [1.807, 2.05) is 39.0 Å². The number of nitrogens with one attached hydrogen (secondary N) is 1. The first-order valence-corrected chi connectivity index (χ1v) is 5.23. The first-order valence-electron chi connectivity index (χ1n) is 5.23. The van der Waals surface area contributed by atoms with E-state index in [0.29, 0.717) is 5.95 Å². The second-order valence-electron chi connectivity index (χ2n) is 4.54. The molecule has 0 bridgehead atoms. The van der Waals surface area contributed by atoms with Gasteiger partial charge < -0.3 is 10.4 Å². The van der Waals surface area contributed by atoms with Crippen LogP contribution in [-0.2, 0) is 0 Å². The minimum absolute atomic E-state index is 0.0293. The molecule has 0 atom stereocenters. The van der Waals surface area contributed by atoms with Crippen LogP contribution in [0.1, 0.15) is 19.5 Å². The average Bonchev–Trinajstić information content (AvgIpc) is 2.61. The Hall–Kier alpha value is -1.62. The van der Waals surface area contributed by atoms with E-state index in [0.717, 1.165) is 11.3 Å². The van der Waals surface area contributed by atoms with Crippen LogP contribution in [0.4, 0.5) is 5.95 Å². The molecule has 0 amide bonds. The summed E-state index contributed by atoms with van der Waals surface area (Å²) in [5, 5.41) is 16.6. The molecule has 0 aliphatic heterocycles. The van der Waals surface area contributed by atoms with E-state index in [2.05, 4.69) is 15.4 Å². The summed E-state index contributed by atoms with van der Waals surface area (Å²) in [6.07, 6.45) is 0. The third-order valence-corrected chi connectivity index (χ3v) is 2.39. The Labute approximate surface area is 94.1 Å². The van der Waals surface area contributed by atoms with Gasteiger partial charge in [0.15, 0.2) is 5.65 Å². The second kappa shape index (κ2) is 3.75.